The molecule has 0 bridgehead atoms. The Labute approximate surface area is 124 Å². The standard InChI is InChI=1S/C16H21N5/c1-3-7-17-15(9-13-10-18-20(2)12-13)14-11-19-21-8-5-4-6-16(14)21/h4-6,8,10-12,15,17H,3,7,9H2,1-2H3. The average molecular weight is 283 g/mol. The topological polar surface area (TPSA) is 47.2 Å². The van der Waals surface area contributed by atoms with Crippen molar-refractivity contribution in [3.63, 3.8) is 0 Å². The summed E-state index contributed by atoms with van der Waals surface area (Å²) < 4.78 is 3.78. The Morgan fingerprint density at radius 3 is 2.90 bits per heavy atom. The Kier molecular flexibility index (Phi) is 4.01. The molecule has 3 aromatic rings. The third kappa shape index (κ3) is 2.97. The minimum absolute atomic E-state index is 0.258. The van der Waals surface area contributed by atoms with E-state index in [0.717, 1.165) is 24.9 Å². The van der Waals surface area contributed by atoms with Crippen LogP contribution in [0, 0.1) is 0 Å². The summed E-state index contributed by atoms with van der Waals surface area (Å²) >= 11 is 0. The second-order valence-corrected chi connectivity index (χ2v) is 5.36. The van der Waals surface area contributed by atoms with E-state index in [4.69, 9.17) is 0 Å². The normalized spacial score (nSPS) is 12.9. The van der Waals surface area contributed by atoms with Gasteiger partial charge in [-0.3, -0.25) is 4.68 Å². The largest absolute Gasteiger partial charge is 0.310 e. The first-order valence-electron chi connectivity index (χ1n) is 7.41. The second kappa shape index (κ2) is 6.10. The Bertz CT molecular complexity index is 712. The molecule has 0 aromatic carbocycles. The minimum Gasteiger partial charge on any atom is -0.310 e. The predicted octanol–water partition coefficient (Wildman–Crippen LogP) is 2.35. The summed E-state index contributed by atoms with van der Waals surface area (Å²) in [6.07, 6.45) is 10.0. The lowest BCUT2D eigenvalue weighted by Crippen LogP contribution is -2.23. The number of rotatable bonds is 6. The first-order valence-corrected chi connectivity index (χ1v) is 7.41. The smallest absolute Gasteiger partial charge is 0.0709 e. The van der Waals surface area contributed by atoms with Crippen LogP contribution in [0.2, 0.25) is 0 Å². The minimum atomic E-state index is 0.258. The number of nitrogens with one attached hydrogen (secondary N) is 1. The molecule has 0 saturated heterocycles. The van der Waals surface area contributed by atoms with Gasteiger partial charge in [-0.25, -0.2) is 4.52 Å². The molecule has 0 fully saturated rings. The van der Waals surface area contributed by atoms with Gasteiger partial charge in [0.05, 0.1) is 17.9 Å². The molecule has 3 aromatic heterocycles. The maximum absolute atomic E-state index is 4.45. The molecule has 5 heteroatoms. The lowest BCUT2D eigenvalue weighted by Gasteiger charge is -2.17. The highest BCUT2D eigenvalue weighted by molar-refractivity contribution is 5.55. The van der Waals surface area contributed by atoms with E-state index >= 15 is 0 Å². The molecular weight excluding hydrogens is 262 g/mol. The van der Waals surface area contributed by atoms with Gasteiger partial charge in [0.15, 0.2) is 0 Å². The number of fused-ring (bicyclic) bond motifs is 1. The van der Waals surface area contributed by atoms with Gasteiger partial charge in [0.2, 0.25) is 0 Å². The van der Waals surface area contributed by atoms with Crippen LogP contribution in [0.1, 0.15) is 30.5 Å². The molecule has 1 atom stereocenters. The summed E-state index contributed by atoms with van der Waals surface area (Å²) in [5, 5.41) is 12.3. The van der Waals surface area contributed by atoms with Crippen LogP contribution >= 0.6 is 0 Å². The fraction of sp³-hybridized carbons (Fsp3) is 0.375. The second-order valence-electron chi connectivity index (χ2n) is 5.36. The van der Waals surface area contributed by atoms with Crippen LogP contribution in [0.15, 0.2) is 43.0 Å². The zero-order chi connectivity index (χ0) is 14.7. The third-order valence-electron chi connectivity index (χ3n) is 3.67. The van der Waals surface area contributed by atoms with Crippen LogP contribution in [0.25, 0.3) is 5.52 Å². The van der Waals surface area contributed by atoms with Crippen LogP contribution in [0.5, 0.6) is 0 Å². The molecule has 1 N–H and O–H groups in total. The van der Waals surface area contributed by atoms with Gasteiger partial charge in [-0.15, -0.1) is 0 Å². The summed E-state index contributed by atoms with van der Waals surface area (Å²) in [5.41, 5.74) is 3.64. The van der Waals surface area contributed by atoms with Gasteiger partial charge in [-0.2, -0.15) is 10.2 Å². The van der Waals surface area contributed by atoms with Gasteiger partial charge < -0.3 is 5.32 Å². The van der Waals surface area contributed by atoms with E-state index in [-0.39, 0.29) is 6.04 Å². The van der Waals surface area contributed by atoms with E-state index in [1.54, 1.807) is 0 Å². The molecule has 1 unspecified atom stereocenters. The first-order chi connectivity index (χ1) is 10.3. The van der Waals surface area contributed by atoms with Gasteiger partial charge in [0, 0.05) is 31.0 Å². The van der Waals surface area contributed by atoms with E-state index in [0.29, 0.717) is 0 Å². The quantitative estimate of drug-likeness (QED) is 0.755. The van der Waals surface area contributed by atoms with Crippen LogP contribution < -0.4 is 5.32 Å². The molecule has 0 amide bonds. The fourth-order valence-corrected chi connectivity index (χ4v) is 2.65. The van der Waals surface area contributed by atoms with Gasteiger partial charge in [-0.1, -0.05) is 13.0 Å². The highest BCUT2D eigenvalue weighted by Crippen LogP contribution is 2.22. The number of hydrogen-bond acceptors (Lipinski definition) is 3. The summed E-state index contributed by atoms with van der Waals surface area (Å²) in [6.45, 7) is 3.18. The lowest BCUT2D eigenvalue weighted by molar-refractivity contribution is 0.532. The summed E-state index contributed by atoms with van der Waals surface area (Å²) in [5.74, 6) is 0. The fourth-order valence-electron chi connectivity index (χ4n) is 2.65. The summed E-state index contributed by atoms with van der Waals surface area (Å²) in [7, 11) is 1.95. The zero-order valence-electron chi connectivity index (χ0n) is 12.5. The molecule has 3 heterocycles. The van der Waals surface area contributed by atoms with Crippen molar-refractivity contribution in [2.24, 2.45) is 7.05 Å². The van der Waals surface area contributed by atoms with Crippen molar-refractivity contribution in [1.82, 2.24) is 24.7 Å². The predicted molar refractivity (Wildman–Crippen MR) is 83.1 cm³/mol. The maximum Gasteiger partial charge on any atom is 0.0709 e. The first kappa shape index (κ1) is 13.8. The van der Waals surface area contributed by atoms with Crippen LogP contribution in [0.3, 0.4) is 0 Å². The Hall–Kier alpha value is -2.14. The molecule has 0 aliphatic rings. The molecule has 5 nitrogen and oxygen atoms in total. The van der Waals surface area contributed by atoms with Crippen LogP contribution in [-0.2, 0) is 13.5 Å². The van der Waals surface area contributed by atoms with E-state index < -0.39 is 0 Å². The van der Waals surface area contributed by atoms with Gasteiger partial charge in [0.1, 0.15) is 0 Å². The summed E-state index contributed by atoms with van der Waals surface area (Å²) in [6, 6.07) is 6.43. The molecular formula is C16H21N5. The van der Waals surface area contributed by atoms with Crippen molar-refractivity contribution in [3.8, 4) is 0 Å². The number of hydrogen-bond donors (Lipinski definition) is 1. The summed E-state index contributed by atoms with van der Waals surface area (Å²) in [4.78, 5) is 0. The monoisotopic (exact) mass is 283 g/mol. The molecule has 110 valence electrons. The maximum atomic E-state index is 4.45. The molecule has 0 aliphatic carbocycles. The number of nitrogens with zero attached hydrogens (tertiary/aromatic N) is 4. The SMILES string of the molecule is CCCNC(Cc1cnn(C)c1)c1cnn2ccccc12. The Balaban J connectivity index is 1.91. The molecule has 21 heavy (non-hydrogen) atoms. The lowest BCUT2D eigenvalue weighted by atomic mass is 10.0. The molecule has 0 saturated carbocycles. The van der Waals surface area contributed by atoms with E-state index in [1.165, 1.54) is 11.1 Å². The highest BCUT2D eigenvalue weighted by Gasteiger charge is 2.17. The van der Waals surface area contributed by atoms with Crippen LogP contribution in [0.4, 0.5) is 0 Å². The van der Waals surface area contributed by atoms with Crippen molar-refractivity contribution in [2.75, 3.05) is 6.54 Å². The van der Waals surface area contributed by atoms with Gasteiger partial charge in [-0.05, 0) is 37.1 Å². The zero-order valence-corrected chi connectivity index (χ0v) is 12.5. The third-order valence-corrected chi connectivity index (χ3v) is 3.67. The van der Waals surface area contributed by atoms with E-state index in [1.807, 2.05) is 40.9 Å². The molecule has 0 spiro atoms. The van der Waals surface area contributed by atoms with Crippen LogP contribution in [-0.4, -0.2) is 25.9 Å². The van der Waals surface area contributed by atoms with Crippen molar-refractivity contribution in [3.05, 3.63) is 54.1 Å². The van der Waals surface area contributed by atoms with Crippen molar-refractivity contribution >= 4 is 5.52 Å². The van der Waals surface area contributed by atoms with E-state index in [2.05, 4.69) is 40.8 Å². The average Bonchev–Trinajstić information content (AvgIpc) is 3.09. The van der Waals surface area contributed by atoms with E-state index in [9.17, 15) is 0 Å². The highest BCUT2D eigenvalue weighted by atomic mass is 15.2. The van der Waals surface area contributed by atoms with Crippen molar-refractivity contribution in [1.29, 1.82) is 0 Å². The van der Waals surface area contributed by atoms with Gasteiger partial charge in [0.25, 0.3) is 0 Å². The van der Waals surface area contributed by atoms with Crippen molar-refractivity contribution in [2.45, 2.75) is 25.8 Å². The van der Waals surface area contributed by atoms with Gasteiger partial charge >= 0.3 is 0 Å². The number of aromatic nitrogens is 4. The Morgan fingerprint density at radius 2 is 2.14 bits per heavy atom. The molecule has 0 radical (unpaired) electrons. The molecule has 0 aliphatic heterocycles. The Morgan fingerprint density at radius 1 is 1.24 bits per heavy atom. The number of pyridine rings is 1. The van der Waals surface area contributed by atoms with Crippen molar-refractivity contribution < 1.29 is 0 Å². The molecule has 3 rings (SSSR count). The number of aryl methyl sites for hydroxylation is 1.